The zero-order chi connectivity index (χ0) is 22.9. The summed E-state index contributed by atoms with van der Waals surface area (Å²) in [7, 11) is 4.31. The van der Waals surface area contributed by atoms with E-state index >= 15 is 0 Å². The van der Waals surface area contributed by atoms with Crippen molar-refractivity contribution in [3.05, 3.63) is 59.2 Å². The highest BCUT2D eigenvalue weighted by Gasteiger charge is 2.29. The Balaban J connectivity index is 1.49. The summed E-state index contributed by atoms with van der Waals surface area (Å²) < 4.78 is 2.18. The molecule has 0 radical (unpaired) electrons. The first-order valence-electron chi connectivity index (χ1n) is 12.2. The molecule has 0 bridgehead atoms. The standard InChI is InChI=1S/C26H35N7/c1-4-31(22-10-5-8-19-9-7-14-28-26(19)22)18-21-23(16-27)33-24(29-21)11-6-12-25(33)32-15-13-20(17-32)30(2)3/h6-7,9,11-12,14,16,20,22,27H,4-5,8,10,13,15,17-18H2,1-3H3/t20-,22+/m1/s1. The van der Waals surface area contributed by atoms with Crippen molar-refractivity contribution in [1.29, 1.82) is 5.41 Å². The van der Waals surface area contributed by atoms with Gasteiger partial charge in [-0.25, -0.2) is 4.98 Å². The minimum atomic E-state index is 0.308. The summed E-state index contributed by atoms with van der Waals surface area (Å²) in [5.74, 6) is 1.14. The molecule has 174 valence electrons. The molecule has 1 aliphatic heterocycles. The molecule has 2 aliphatic rings. The van der Waals surface area contributed by atoms with Crippen LogP contribution in [0.5, 0.6) is 0 Å². The average Bonchev–Trinajstić information content (AvgIpc) is 3.47. The van der Waals surface area contributed by atoms with Gasteiger partial charge in [0.1, 0.15) is 11.5 Å². The molecule has 2 atom stereocenters. The predicted octanol–water partition coefficient (Wildman–Crippen LogP) is 3.77. The Labute approximate surface area is 196 Å². The lowest BCUT2D eigenvalue weighted by atomic mass is 9.90. The van der Waals surface area contributed by atoms with Crippen molar-refractivity contribution in [3.8, 4) is 0 Å². The molecular weight excluding hydrogens is 410 g/mol. The summed E-state index contributed by atoms with van der Waals surface area (Å²) in [4.78, 5) is 17.0. The van der Waals surface area contributed by atoms with Gasteiger partial charge in [-0.1, -0.05) is 19.1 Å². The first-order valence-corrected chi connectivity index (χ1v) is 12.2. The third-order valence-corrected chi connectivity index (χ3v) is 7.45. The minimum absolute atomic E-state index is 0.308. The third-order valence-electron chi connectivity index (χ3n) is 7.45. The summed E-state index contributed by atoms with van der Waals surface area (Å²) in [5, 5.41) is 8.28. The number of likely N-dealkylation sites (N-methyl/N-ethyl adjacent to an activating group) is 1. The molecule has 0 spiro atoms. The Morgan fingerprint density at radius 2 is 2.06 bits per heavy atom. The second-order valence-corrected chi connectivity index (χ2v) is 9.54. The van der Waals surface area contributed by atoms with E-state index in [9.17, 15) is 0 Å². The molecule has 1 saturated heterocycles. The Hall–Kier alpha value is -2.77. The fourth-order valence-electron chi connectivity index (χ4n) is 5.60. The summed E-state index contributed by atoms with van der Waals surface area (Å²) in [6, 6.07) is 11.5. The van der Waals surface area contributed by atoms with Gasteiger partial charge in [0.05, 0.1) is 23.1 Å². The molecule has 1 fully saturated rings. The SMILES string of the molecule is CCN(Cc1nc2cccc(N3CC[C@@H](N(C)C)C3)n2c1C=N)[C@H]1CCCc2cccnc21. The maximum absolute atomic E-state index is 8.28. The number of hydrogen-bond acceptors (Lipinski definition) is 6. The van der Waals surface area contributed by atoms with Crippen molar-refractivity contribution in [1.82, 2.24) is 24.2 Å². The molecule has 4 heterocycles. The normalized spacial score (nSPS) is 20.7. The first kappa shape index (κ1) is 22.0. The molecule has 3 aromatic heterocycles. The Morgan fingerprint density at radius 1 is 1.18 bits per heavy atom. The van der Waals surface area contributed by atoms with Gasteiger partial charge >= 0.3 is 0 Å². The number of aromatic nitrogens is 3. The van der Waals surface area contributed by atoms with Gasteiger partial charge in [-0.2, -0.15) is 0 Å². The van der Waals surface area contributed by atoms with E-state index < -0.39 is 0 Å². The monoisotopic (exact) mass is 445 g/mol. The highest BCUT2D eigenvalue weighted by Crippen LogP contribution is 2.34. The van der Waals surface area contributed by atoms with Crippen LogP contribution < -0.4 is 4.90 Å². The summed E-state index contributed by atoms with van der Waals surface area (Å²) in [6.07, 6.45) is 7.99. The molecular formula is C26H35N7. The number of hydrogen-bond donors (Lipinski definition) is 1. The van der Waals surface area contributed by atoms with Gasteiger partial charge in [0.15, 0.2) is 0 Å². The summed E-state index contributed by atoms with van der Waals surface area (Å²) in [6.45, 7) is 5.90. The molecule has 0 aromatic carbocycles. The predicted molar refractivity (Wildman–Crippen MR) is 133 cm³/mol. The van der Waals surface area contributed by atoms with Crippen LogP contribution in [0.1, 0.15) is 54.9 Å². The van der Waals surface area contributed by atoms with Crippen LogP contribution in [0.4, 0.5) is 5.82 Å². The van der Waals surface area contributed by atoms with E-state index in [-0.39, 0.29) is 0 Å². The van der Waals surface area contributed by atoms with Crippen LogP contribution in [0.3, 0.4) is 0 Å². The number of aryl methyl sites for hydroxylation is 1. The molecule has 0 saturated carbocycles. The van der Waals surface area contributed by atoms with Gasteiger partial charge in [0.2, 0.25) is 0 Å². The van der Waals surface area contributed by atoms with Gasteiger partial charge in [0, 0.05) is 38.1 Å². The third kappa shape index (κ3) is 4.04. The lowest BCUT2D eigenvalue weighted by Gasteiger charge is -2.34. The van der Waals surface area contributed by atoms with E-state index in [4.69, 9.17) is 15.4 Å². The van der Waals surface area contributed by atoms with E-state index in [0.29, 0.717) is 12.1 Å². The number of nitrogens with one attached hydrogen (secondary N) is 1. The Bertz CT molecular complexity index is 1130. The molecule has 3 aromatic rings. The van der Waals surface area contributed by atoms with E-state index in [1.807, 2.05) is 12.3 Å². The number of pyridine rings is 2. The van der Waals surface area contributed by atoms with Crippen molar-refractivity contribution in [2.24, 2.45) is 0 Å². The zero-order valence-corrected chi connectivity index (χ0v) is 20.0. The van der Waals surface area contributed by atoms with Crippen molar-refractivity contribution in [2.75, 3.05) is 38.6 Å². The van der Waals surface area contributed by atoms with E-state index in [1.165, 1.54) is 23.9 Å². The van der Waals surface area contributed by atoms with Gasteiger partial charge in [-0.3, -0.25) is 14.3 Å². The highest BCUT2D eigenvalue weighted by molar-refractivity contribution is 5.80. The van der Waals surface area contributed by atoms with Crippen molar-refractivity contribution >= 4 is 17.7 Å². The van der Waals surface area contributed by atoms with Crippen LogP contribution in [0.25, 0.3) is 5.65 Å². The smallest absolute Gasteiger partial charge is 0.139 e. The molecule has 0 unspecified atom stereocenters. The topological polar surface area (TPSA) is 63.8 Å². The molecule has 0 amide bonds. The average molecular weight is 446 g/mol. The maximum Gasteiger partial charge on any atom is 0.139 e. The van der Waals surface area contributed by atoms with Crippen LogP contribution >= 0.6 is 0 Å². The maximum atomic E-state index is 8.28. The van der Waals surface area contributed by atoms with Crippen LogP contribution in [0.2, 0.25) is 0 Å². The Kier molecular flexibility index (Phi) is 6.17. The van der Waals surface area contributed by atoms with E-state index in [1.54, 1.807) is 0 Å². The fourth-order valence-corrected chi connectivity index (χ4v) is 5.60. The number of imidazole rings is 1. The minimum Gasteiger partial charge on any atom is -0.356 e. The van der Waals surface area contributed by atoms with Crippen molar-refractivity contribution in [2.45, 2.75) is 51.2 Å². The fraction of sp³-hybridized carbons (Fsp3) is 0.500. The molecule has 5 rings (SSSR count). The van der Waals surface area contributed by atoms with Crippen molar-refractivity contribution in [3.63, 3.8) is 0 Å². The quantitative estimate of drug-likeness (QED) is 0.561. The molecule has 1 aliphatic carbocycles. The molecule has 7 nitrogen and oxygen atoms in total. The molecule has 1 N–H and O–H groups in total. The lowest BCUT2D eigenvalue weighted by molar-refractivity contribution is 0.173. The second kappa shape index (κ2) is 9.23. The van der Waals surface area contributed by atoms with Crippen LogP contribution in [0, 0.1) is 5.41 Å². The first-order chi connectivity index (χ1) is 16.1. The number of rotatable bonds is 7. The summed E-state index contributed by atoms with van der Waals surface area (Å²) in [5.41, 5.74) is 5.39. The van der Waals surface area contributed by atoms with Crippen LogP contribution in [-0.2, 0) is 13.0 Å². The van der Waals surface area contributed by atoms with E-state index in [2.05, 4.69) is 64.4 Å². The van der Waals surface area contributed by atoms with Gasteiger partial charge in [-0.15, -0.1) is 0 Å². The number of fused-ring (bicyclic) bond motifs is 2. The van der Waals surface area contributed by atoms with E-state index in [0.717, 1.165) is 68.3 Å². The van der Waals surface area contributed by atoms with Gasteiger partial charge in [0.25, 0.3) is 0 Å². The Morgan fingerprint density at radius 3 is 2.82 bits per heavy atom. The zero-order valence-electron chi connectivity index (χ0n) is 20.0. The van der Waals surface area contributed by atoms with Gasteiger partial charge < -0.3 is 15.2 Å². The summed E-state index contributed by atoms with van der Waals surface area (Å²) >= 11 is 0. The van der Waals surface area contributed by atoms with Crippen LogP contribution in [0.15, 0.2) is 36.5 Å². The lowest BCUT2D eigenvalue weighted by Crippen LogP contribution is -2.32. The highest BCUT2D eigenvalue weighted by atomic mass is 15.3. The number of nitrogens with zero attached hydrogens (tertiary/aromatic N) is 6. The van der Waals surface area contributed by atoms with Crippen molar-refractivity contribution < 1.29 is 0 Å². The largest absolute Gasteiger partial charge is 0.356 e. The second-order valence-electron chi connectivity index (χ2n) is 9.54. The van der Waals surface area contributed by atoms with Crippen LogP contribution in [-0.4, -0.2) is 70.2 Å². The number of anilines is 1. The van der Waals surface area contributed by atoms with Gasteiger partial charge in [-0.05, 0) is 70.1 Å². The molecule has 33 heavy (non-hydrogen) atoms. The molecule has 7 heteroatoms.